The van der Waals surface area contributed by atoms with Crippen molar-refractivity contribution in [2.45, 2.75) is 150 Å². The summed E-state index contributed by atoms with van der Waals surface area (Å²) in [4.78, 5) is 46.1. The summed E-state index contributed by atoms with van der Waals surface area (Å²) in [5.74, 6) is -8.54. The highest BCUT2D eigenvalue weighted by molar-refractivity contribution is 6.23. The predicted molar refractivity (Wildman–Crippen MR) is 245 cm³/mol. The van der Waals surface area contributed by atoms with Crippen molar-refractivity contribution in [2.24, 2.45) is 28.8 Å². The van der Waals surface area contributed by atoms with Crippen LogP contribution in [0.4, 0.5) is 5.69 Å². The van der Waals surface area contributed by atoms with Gasteiger partial charge in [0.15, 0.2) is 5.75 Å². The number of aliphatic hydroxyl groups is 2. The van der Waals surface area contributed by atoms with Gasteiger partial charge in [-0.2, -0.15) is 0 Å². The van der Waals surface area contributed by atoms with Crippen LogP contribution in [0, 0.1) is 30.6 Å². The van der Waals surface area contributed by atoms with Crippen LogP contribution in [-0.4, -0.2) is 93.3 Å². The second-order valence-electron chi connectivity index (χ2n) is 17.5. The molecule has 15 nitrogen and oxygen atoms in total. The Morgan fingerprint density at radius 3 is 2.14 bits per heavy atom. The van der Waals surface area contributed by atoms with Gasteiger partial charge in [-0.3, -0.25) is 14.4 Å². The molecular formula is C49H70N2O13. The molecule has 9 atom stereocenters. The fourth-order valence-electron chi connectivity index (χ4n) is 8.49. The number of rotatable bonds is 14. The van der Waals surface area contributed by atoms with Crippen LogP contribution < -0.4 is 10.1 Å². The van der Waals surface area contributed by atoms with Crippen LogP contribution in [0.1, 0.15) is 135 Å². The van der Waals surface area contributed by atoms with E-state index in [4.69, 9.17) is 23.8 Å². The van der Waals surface area contributed by atoms with Crippen LogP contribution in [0.5, 0.6) is 23.0 Å². The fraction of sp³-hybridized carbons (Fsp3) is 0.592. The van der Waals surface area contributed by atoms with Gasteiger partial charge in [-0.25, -0.2) is 0 Å². The smallest absolute Gasteiger partial charge is 0.312 e. The number of aliphatic hydroxyl groups excluding tert-OH is 2. The zero-order chi connectivity index (χ0) is 47.5. The van der Waals surface area contributed by atoms with Gasteiger partial charge in [0.25, 0.3) is 11.7 Å². The number of Topliss-reactive ketones (excluding diaryl/α,β-unsaturated/α-hetero) is 1. The number of nitrogens with one attached hydrogen (secondary N) is 1. The molecule has 3 aliphatic rings. The molecule has 3 aliphatic heterocycles. The molecule has 0 aromatic heterocycles. The lowest BCUT2D eigenvalue weighted by atomic mass is 9.78. The summed E-state index contributed by atoms with van der Waals surface area (Å²) in [6, 6.07) is 0. The number of carbonyl (C=O) groups excluding carboxylic acids is 3. The molecule has 0 spiro atoms. The quantitative estimate of drug-likeness (QED) is 0.0261. The van der Waals surface area contributed by atoms with Gasteiger partial charge in [0, 0.05) is 61.2 Å². The van der Waals surface area contributed by atoms with Gasteiger partial charge in [-0.15, -0.1) is 0 Å². The van der Waals surface area contributed by atoms with E-state index in [2.05, 4.69) is 17.4 Å². The van der Waals surface area contributed by atoms with E-state index in [1.165, 1.54) is 85.3 Å². The summed E-state index contributed by atoms with van der Waals surface area (Å²) in [7, 11) is 1.44. The highest BCUT2D eigenvalue weighted by atomic mass is 16.7. The van der Waals surface area contributed by atoms with Crippen LogP contribution in [0.3, 0.4) is 0 Å². The number of unbranched alkanes of at least 4 members (excludes halogenated alkanes) is 8. The first-order valence-electron chi connectivity index (χ1n) is 22.6. The second-order valence-corrected chi connectivity index (χ2v) is 17.5. The number of amides is 1. The predicted octanol–water partition coefficient (Wildman–Crippen LogP) is 8.64. The molecule has 0 radical (unpaired) electrons. The minimum atomic E-state index is -2.06. The molecule has 0 saturated heterocycles. The summed E-state index contributed by atoms with van der Waals surface area (Å²) < 4.78 is 23.6. The number of esters is 1. The summed E-state index contributed by atoms with van der Waals surface area (Å²) >= 11 is 0. The number of hydrogen-bond acceptors (Lipinski definition) is 14. The number of carbonyl (C=O) groups is 3. The molecule has 5 bridgehead atoms. The molecule has 2 aromatic carbocycles. The Morgan fingerprint density at radius 1 is 0.875 bits per heavy atom. The minimum Gasteiger partial charge on any atom is -0.507 e. The second kappa shape index (κ2) is 23.2. The Kier molecular flexibility index (Phi) is 18.7. The highest BCUT2D eigenvalue weighted by Gasteiger charge is 2.50. The first-order chi connectivity index (χ1) is 30.3. The molecule has 5 rings (SSSR count). The SMILES string of the molecule is CCCCCCCCCCCO/N=C/c1c2c(O)c3c(O)c(C)c4c(c3c1O)C(=O)C(C)(O/C=C/C(OC)C(C)C(OC(C)=O)C(C)C(O)C(C)C(O)C(C)/C=C/C=C(C)C(=O)N2)O4. The number of ketones is 1. The van der Waals surface area contributed by atoms with E-state index in [1.54, 1.807) is 39.8 Å². The summed E-state index contributed by atoms with van der Waals surface area (Å²) in [6.07, 6.45) is 14.6. The van der Waals surface area contributed by atoms with Crippen LogP contribution in [0.2, 0.25) is 0 Å². The molecule has 0 fully saturated rings. The standard InChI is InChI=1S/C49H70N2O13/c1-11-12-13-14-15-16-17-18-19-24-62-50-26-34-39-44(57)37-36(43(34)56)38-46(32(7)42(37)55)64-49(9,47(38)58)61-25-23-35(60-10)29(4)45(63-33(8)52)31(6)41(54)30(5)40(53)27(2)21-20-22-28(3)48(59)51-39/h20-23,25-27,29-31,35,40-41,45,53-57H,11-19,24H2,1-10H3,(H,51,59)/b21-20+,25-23+,28-22?,50-26+. The van der Waals surface area contributed by atoms with Crippen LogP contribution in [0.15, 0.2) is 41.3 Å². The fourth-order valence-corrected chi connectivity index (χ4v) is 8.49. The average Bonchev–Trinajstić information content (AvgIpc) is 3.52. The molecule has 2 aromatic rings. The van der Waals surface area contributed by atoms with Crippen molar-refractivity contribution in [3.05, 3.63) is 52.8 Å². The number of benzene rings is 2. The van der Waals surface area contributed by atoms with Gasteiger partial charge >= 0.3 is 11.8 Å². The Labute approximate surface area is 377 Å². The van der Waals surface area contributed by atoms with Crippen molar-refractivity contribution in [3.63, 3.8) is 0 Å². The molecule has 15 heteroatoms. The maximum absolute atomic E-state index is 14.5. The molecule has 9 unspecified atom stereocenters. The normalized spacial score (nSPS) is 27.8. The van der Waals surface area contributed by atoms with E-state index in [1.807, 2.05) is 0 Å². The van der Waals surface area contributed by atoms with Crippen molar-refractivity contribution >= 4 is 40.3 Å². The number of oxime groups is 1. The van der Waals surface area contributed by atoms with Gasteiger partial charge in [0.1, 0.15) is 30.0 Å². The maximum atomic E-state index is 14.5. The zero-order valence-electron chi connectivity index (χ0n) is 39.1. The van der Waals surface area contributed by atoms with Crippen molar-refractivity contribution in [1.29, 1.82) is 0 Å². The van der Waals surface area contributed by atoms with E-state index in [0.717, 1.165) is 31.9 Å². The van der Waals surface area contributed by atoms with E-state index < -0.39 is 88.8 Å². The number of phenols is 3. The van der Waals surface area contributed by atoms with Crippen LogP contribution in [0.25, 0.3) is 10.8 Å². The van der Waals surface area contributed by atoms with Crippen molar-refractivity contribution in [1.82, 2.24) is 0 Å². The Bertz CT molecular complexity index is 2090. The number of aromatic hydroxyl groups is 3. The number of methoxy groups -OCH3 is 1. The topological polar surface area (TPSA) is 223 Å². The first-order valence-corrected chi connectivity index (χ1v) is 22.6. The molecule has 64 heavy (non-hydrogen) atoms. The molecular weight excluding hydrogens is 825 g/mol. The number of nitrogens with zero attached hydrogens (tertiary/aromatic N) is 1. The lowest BCUT2D eigenvalue weighted by Gasteiger charge is -2.38. The third kappa shape index (κ3) is 11.8. The van der Waals surface area contributed by atoms with Crippen LogP contribution in [-0.2, 0) is 28.6 Å². The molecule has 3 heterocycles. The Hall–Kier alpha value is -5.12. The third-order valence-corrected chi connectivity index (χ3v) is 12.6. The lowest BCUT2D eigenvalue weighted by molar-refractivity contribution is -0.160. The largest absolute Gasteiger partial charge is 0.507 e. The number of phenolic OH excluding ortho intramolecular Hbond substituents is 3. The Morgan fingerprint density at radius 2 is 1.52 bits per heavy atom. The van der Waals surface area contributed by atoms with Crippen molar-refractivity contribution in [2.75, 3.05) is 19.0 Å². The molecule has 0 aliphatic carbocycles. The molecule has 1 amide bonds. The highest BCUT2D eigenvalue weighted by Crippen LogP contribution is 2.55. The molecule has 0 saturated carbocycles. The number of ether oxygens (including phenoxy) is 4. The Balaban J connectivity index is 1.82. The monoisotopic (exact) mass is 894 g/mol. The number of hydrogen-bond donors (Lipinski definition) is 6. The summed E-state index contributed by atoms with van der Waals surface area (Å²) in [5.41, 5.74) is -0.530. The van der Waals surface area contributed by atoms with Gasteiger partial charge in [-0.1, -0.05) is 103 Å². The van der Waals surface area contributed by atoms with E-state index in [9.17, 15) is 39.9 Å². The van der Waals surface area contributed by atoms with Gasteiger partial charge < -0.3 is 54.6 Å². The molecule has 354 valence electrons. The minimum absolute atomic E-state index is 0.0438. The summed E-state index contributed by atoms with van der Waals surface area (Å²) in [6.45, 7) is 15.0. The van der Waals surface area contributed by atoms with Crippen molar-refractivity contribution < 1.29 is 63.7 Å². The number of fused-ring (bicyclic) bond motifs is 14. The maximum Gasteiger partial charge on any atom is 0.312 e. The van der Waals surface area contributed by atoms with E-state index in [0.29, 0.717) is 0 Å². The van der Waals surface area contributed by atoms with E-state index in [-0.39, 0.29) is 51.1 Å². The summed E-state index contributed by atoms with van der Waals surface area (Å²) in [5, 5.41) is 64.6. The van der Waals surface area contributed by atoms with Crippen LogP contribution >= 0.6 is 0 Å². The van der Waals surface area contributed by atoms with Gasteiger partial charge in [0.05, 0.1) is 53.0 Å². The number of anilines is 1. The van der Waals surface area contributed by atoms with Crippen molar-refractivity contribution in [3.8, 4) is 23.0 Å². The third-order valence-electron chi connectivity index (χ3n) is 12.6. The van der Waals surface area contributed by atoms with Gasteiger partial charge in [0.2, 0.25) is 0 Å². The first kappa shape index (κ1) is 51.5. The zero-order valence-corrected chi connectivity index (χ0v) is 39.1. The van der Waals surface area contributed by atoms with E-state index >= 15 is 0 Å². The number of allylic oxidation sites excluding steroid dienone is 2. The van der Waals surface area contributed by atoms with Gasteiger partial charge in [-0.05, 0) is 32.8 Å². The molecule has 6 N–H and O–H groups in total. The lowest BCUT2D eigenvalue weighted by Crippen LogP contribution is -2.46. The average molecular weight is 895 g/mol.